The first kappa shape index (κ1) is 10.9. The topological polar surface area (TPSA) is 48.8 Å². The molecule has 3 aromatic rings. The number of nitrogens with one attached hydrogen (secondary N) is 2. The summed E-state index contributed by atoms with van der Waals surface area (Å²) in [6.45, 7) is 0. The van der Waals surface area contributed by atoms with Crippen LogP contribution >= 0.6 is 11.3 Å². The van der Waals surface area contributed by atoms with Crippen LogP contribution in [0, 0.1) is 5.41 Å². The summed E-state index contributed by atoms with van der Waals surface area (Å²) in [5.74, 6) is 0.370. The van der Waals surface area contributed by atoms with Gasteiger partial charge in [0.05, 0.1) is 10.2 Å². The molecule has 0 aliphatic heterocycles. The van der Waals surface area contributed by atoms with E-state index >= 15 is 0 Å². The maximum Gasteiger partial charge on any atom is 0.189 e. The number of rotatable bonds is 2. The number of anilines is 1. The molecule has 0 unspecified atom stereocenters. The number of hydrogen-bond donors (Lipinski definition) is 2. The van der Waals surface area contributed by atoms with Gasteiger partial charge in [-0.2, -0.15) is 0 Å². The van der Waals surface area contributed by atoms with Crippen molar-refractivity contribution < 1.29 is 0 Å². The van der Waals surface area contributed by atoms with E-state index in [1.165, 1.54) is 0 Å². The number of fused-ring (bicyclic) bond motifs is 1. The van der Waals surface area contributed by atoms with Gasteiger partial charge in [-0.25, -0.2) is 4.98 Å². The van der Waals surface area contributed by atoms with E-state index in [1.54, 1.807) is 11.3 Å². The largest absolute Gasteiger partial charge is 0.316 e. The summed E-state index contributed by atoms with van der Waals surface area (Å²) in [5, 5.41) is 11.8. The second kappa shape index (κ2) is 4.58. The van der Waals surface area contributed by atoms with Gasteiger partial charge in [-0.3, -0.25) is 5.41 Å². The van der Waals surface area contributed by atoms with Crippen molar-refractivity contribution in [1.82, 2.24) is 4.98 Å². The van der Waals surface area contributed by atoms with Crippen LogP contribution in [0.4, 0.5) is 5.13 Å². The van der Waals surface area contributed by atoms with Crippen LogP contribution in [0.15, 0.2) is 54.6 Å². The van der Waals surface area contributed by atoms with Gasteiger partial charge in [0.1, 0.15) is 5.84 Å². The zero-order valence-corrected chi connectivity index (χ0v) is 10.4. The third kappa shape index (κ3) is 2.10. The van der Waals surface area contributed by atoms with Crippen molar-refractivity contribution in [2.45, 2.75) is 0 Å². The summed E-state index contributed by atoms with van der Waals surface area (Å²) < 4.78 is 1.13. The predicted octanol–water partition coefficient (Wildman–Crippen LogP) is 3.73. The van der Waals surface area contributed by atoms with Crippen LogP contribution in [-0.2, 0) is 0 Å². The summed E-state index contributed by atoms with van der Waals surface area (Å²) in [4.78, 5) is 4.44. The minimum atomic E-state index is 0.370. The Labute approximate surface area is 109 Å². The molecule has 88 valence electrons. The summed E-state index contributed by atoms with van der Waals surface area (Å²) in [5.41, 5.74) is 1.82. The molecule has 3 rings (SSSR count). The number of nitrogens with zero attached hydrogens (tertiary/aromatic N) is 1. The molecule has 3 nitrogen and oxygen atoms in total. The molecule has 1 aromatic heterocycles. The van der Waals surface area contributed by atoms with Gasteiger partial charge in [-0.1, -0.05) is 53.8 Å². The molecule has 0 spiro atoms. The molecule has 2 N–H and O–H groups in total. The highest BCUT2D eigenvalue weighted by Crippen LogP contribution is 2.25. The smallest absolute Gasteiger partial charge is 0.189 e. The molecular weight excluding hydrogens is 242 g/mol. The zero-order valence-electron chi connectivity index (χ0n) is 9.55. The quantitative estimate of drug-likeness (QED) is 0.540. The van der Waals surface area contributed by atoms with Crippen LogP contribution in [0.3, 0.4) is 0 Å². The standard InChI is InChI=1S/C14H11N3S/c15-13(10-6-2-1-3-7-10)17-14-16-11-8-4-5-9-12(11)18-14/h1-9H,(H2,15,16,17). The molecule has 0 fully saturated rings. The van der Waals surface area contributed by atoms with Crippen LogP contribution in [0.1, 0.15) is 5.56 Å². The molecule has 0 atom stereocenters. The Morgan fingerprint density at radius 3 is 2.50 bits per heavy atom. The molecule has 1 heterocycles. The summed E-state index contributed by atoms with van der Waals surface area (Å²) in [6.07, 6.45) is 0. The third-order valence-corrected chi connectivity index (χ3v) is 3.54. The van der Waals surface area contributed by atoms with Crippen molar-refractivity contribution in [3.63, 3.8) is 0 Å². The number of para-hydroxylation sites is 1. The van der Waals surface area contributed by atoms with E-state index in [0.29, 0.717) is 5.84 Å². The zero-order chi connectivity index (χ0) is 12.4. The molecule has 0 radical (unpaired) electrons. The van der Waals surface area contributed by atoms with Crippen molar-refractivity contribution in [2.75, 3.05) is 5.32 Å². The van der Waals surface area contributed by atoms with E-state index in [1.807, 2.05) is 54.6 Å². The number of thiazole rings is 1. The van der Waals surface area contributed by atoms with Crippen molar-refractivity contribution in [2.24, 2.45) is 0 Å². The van der Waals surface area contributed by atoms with Gasteiger partial charge in [0.15, 0.2) is 5.13 Å². The number of amidine groups is 1. The maximum absolute atomic E-state index is 8.00. The van der Waals surface area contributed by atoms with E-state index in [-0.39, 0.29) is 0 Å². The molecule has 2 aromatic carbocycles. The first-order valence-corrected chi connectivity index (χ1v) is 6.41. The molecular formula is C14H11N3S. The molecule has 0 saturated heterocycles. The molecule has 0 aliphatic rings. The summed E-state index contributed by atoms with van der Waals surface area (Å²) >= 11 is 1.56. The van der Waals surface area contributed by atoms with Crippen molar-refractivity contribution >= 4 is 32.5 Å². The Morgan fingerprint density at radius 2 is 1.72 bits per heavy atom. The first-order chi connectivity index (χ1) is 8.83. The van der Waals surface area contributed by atoms with E-state index in [9.17, 15) is 0 Å². The lowest BCUT2D eigenvalue weighted by molar-refractivity contribution is 1.41. The van der Waals surface area contributed by atoms with Crippen molar-refractivity contribution in [1.29, 1.82) is 5.41 Å². The Hall–Kier alpha value is -2.20. The van der Waals surface area contributed by atoms with Gasteiger partial charge < -0.3 is 5.32 Å². The normalized spacial score (nSPS) is 10.4. The van der Waals surface area contributed by atoms with E-state index in [0.717, 1.165) is 20.9 Å². The average molecular weight is 253 g/mol. The monoisotopic (exact) mass is 253 g/mol. The van der Waals surface area contributed by atoms with Crippen LogP contribution in [0.2, 0.25) is 0 Å². The molecule has 0 saturated carbocycles. The summed E-state index contributed by atoms with van der Waals surface area (Å²) in [6, 6.07) is 17.6. The lowest BCUT2D eigenvalue weighted by Crippen LogP contribution is -2.11. The molecule has 18 heavy (non-hydrogen) atoms. The Balaban J connectivity index is 1.86. The van der Waals surface area contributed by atoms with Crippen LogP contribution in [0.25, 0.3) is 10.2 Å². The van der Waals surface area contributed by atoms with Gasteiger partial charge >= 0.3 is 0 Å². The first-order valence-electron chi connectivity index (χ1n) is 5.59. The number of hydrogen-bond acceptors (Lipinski definition) is 3. The van der Waals surface area contributed by atoms with Gasteiger partial charge in [0.25, 0.3) is 0 Å². The fourth-order valence-corrected chi connectivity index (χ4v) is 2.58. The Morgan fingerprint density at radius 1 is 1.00 bits per heavy atom. The lowest BCUT2D eigenvalue weighted by Gasteiger charge is -2.03. The van der Waals surface area contributed by atoms with E-state index < -0.39 is 0 Å². The minimum Gasteiger partial charge on any atom is -0.316 e. The highest BCUT2D eigenvalue weighted by Gasteiger charge is 2.05. The minimum absolute atomic E-state index is 0.370. The Bertz CT molecular complexity index is 655. The van der Waals surface area contributed by atoms with Crippen LogP contribution in [0.5, 0.6) is 0 Å². The van der Waals surface area contributed by atoms with Crippen molar-refractivity contribution in [3.8, 4) is 0 Å². The lowest BCUT2D eigenvalue weighted by atomic mass is 10.2. The Kier molecular flexibility index (Phi) is 2.78. The third-order valence-electron chi connectivity index (χ3n) is 2.59. The van der Waals surface area contributed by atoms with Crippen LogP contribution < -0.4 is 5.32 Å². The van der Waals surface area contributed by atoms with Gasteiger partial charge in [0.2, 0.25) is 0 Å². The highest BCUT2D eigenvalue weighted by atomic mass is 32.1. The molecule has 4 heteroatoms. The average Bonchev–Trinajstić information content (AvgIpc) is 2.82. The van der Waals surface area contributed by atoms with Gasteiger partial charge in [-0.15, -0.1) is 0 Å². The fourth-order valence-electron chi connectivity index (χ4n) is 1.71. The highest BCUT2D eigenvalue weighted by molar-refractivity contribution is 7.22. The molecule has 0 aliphatic carbocycles. The number of aromatic nitrogens is 1. The second-order valence-corrected chi connectivity index (χ2v) is 4.88. The SMILES string of the molecule is N=C(Nc1nc2ccccc2s1)c1ccccc1. The van der Waals surface area contributed by atoms with E-state index in [4.69, 9.17) is 5.41 Å². The second-order valence-electron chi connectivity index (χ2n) is 3.85. The van der Waals surface area contributed by atoms with E-state index in [2.05, 4.69) is 10.3 Å². The van der Waals surface area contributed by atoms with Gasteiger partial charge in [0, 0.05) is 5.56 Å². The van der Waals surface area contributed by atoms with Crippen LogP contribution in [-0.4, -0.2) is 10.8 Å². The van der Waals surface area contributed by atoms with Crippen molar-refractivity contribution in [3.05, 3.63) is 60.2 Å². The number of benzene rings is 2. The predicted molar refractivity (Wildman–Crippen MR) is 76.5 cm³/mol. The summed E-state index contributed by atoms with van der Waals surface area (Å²) in [7, 11) is 0. The maximum atomic E-state index is 8.00. The fraction of sp³-hybridized carbons (Fsp3) is 0. The molecule has 0 bridgehead atoms. The van der Waals surface area contributed by atoms with Gasteiger partial charge in [-0.05, 0) is 12.1 Å². The molecule has 0 amide bonds.